The molecule has 0 spiro atoms. The second-order valence-corrected chi connectivity index (χ2v) is 7.04. The van der Waals surface area contributed by atoms with E-state index < -0.39 is 18.0 Å². The Morgan fingerprint density at radius 3 is 2.59 bits per heavy atom. The maximum Gasteiger partial charge on any atom is 0.339 e. The van der Waals surface area contributed by atoms with Crippen molar-refractivity contribution in [3.05, 3.63) is 90.3 Å². The van der Waals surface area contributed by atoms with E-state index in [-0.39, 0.29) is 0 Å². The molecule has 1 unspecified atom stereocenters. The van der Waals surface area contributed by atoms with Gasteiger partial charge in [-0.05, 0) is 49.4 Å². The highest BCUT2D eigenvalue weighted by molar-refractivity contribution is 6.06. The number of nitrogens with zero attached hydrogens (tertiary/aromatic N) is 3. The molecule has 0 saturated heterocycles. The molecule has 4 aromatic rings. The fourth-order valence-corrected chi connectivity index (χ4v) is 3.20. The molecule has 0 saturated carbocycles. The lowest BCUT2D eigenvalue weighted by atomic mass is 10.0. The van der Waals surface area contributed by atoms with Crippen LogP contribution in [-0.4, -0.2) is 27.9 Å². The lowest BCUT2D eigenvalue weighted by molar-refractivity contribution is -0.123. The molecule has 1 atom stereocenters. The van der Waals surface area contributed by atoms with E-state index in [1.54, 1.807) is 60.9 Å². The number of hydrogen-bond acceptors (Lipinski definition) is 6. The Morgan fingerprint density at radius 1 is 1.03 bits per heavy atom. The number of ether oxygens (including phenoxy) is 1. The van der Waals surface area contributed by atoms with Gasteiger partial charge in [0.25, 0.3) is 5.91 Å². The van der Waals surface area contributed by atoms with E-state index in [4.69, 9.17) is 10.00 Å². The number of amides is 1. The Kier molecular flexibility index (Phi) is 5.86. The van der Waals surface area contributed by atoms with Crippen molar-refractivity contribution in [2.75, 3.05) is 5.32 Å². The van der Waals surface area contributed by atoms with Gasteiger partial charge in [-0.1, -0.05) is 24.3 Å². The van der Waals surface area contributed by atoms with Gasteiger partial charge in [-0.25, -0.2) is 9.78 Å². The third-order valence-corrected chi connectivity index (χ3v) is 4.82. The molecule has 156 valence electrons. The number of esters is 1. The average molecular weight is 422 g/mol. The van der Waals surface area contributed by atoms with Crippen LogP contribution in [0, 0.1) is 11.3 Å². The first-order chi connectivity index (χ1) is 15.5. The molecule has 0 bridgehead atoms. The maximum absolute atomic E-state index is 13.0. The van der Waals surface area contributed by atoms with E-state index in [1.807, 2.05) is 24.3 Å². The zero-order chi connectivity index (χ0) is 22.5. The second-order valence-electron chi connectivity index (χ2n) is 7.04. The summed E-state index contributed by atoms with van der Waals surface area (Å²) in [4.78, 5) is 34.2. The molecule has 0 aliphatic heterocycles. The van der Waals surface area contributed by atoms with E-state index in [9.17, 15) is 9.59 Å². The molecular formula is C25H18N4O3. The highest BCUT2D eigenvalue weighted by atomic mass is 16.5. The largest absolute Gasteiger partial charge is 0.449 e. The van der Waals surface area contributed by atoms with E-state index in [0.29, 0.717) is 33.4 Å². The molecule has 7 nitrogen and oxygen atoms in total. The molecule has 7 heteroatoms. The van der Waals surface area contributed by atoms with Gasteiger partial charge in [0.2, 0.25) is 0 Å². The Balaban J connectivity index is 1.59. The number of fused-ring (bicyclic) bond motifs is 1. The fraction of sp³-hybridized carbons (Fsp3) is 0.0800. The number of aromatic nitrogens is 2. The molecule has 0 aliphatic carbocycles. The standard InChI is InChI=1S/C25H18N4O3/c1-16(24(30)28-19-6-4-5-17(13-19)15-26)32-25(31)21-14-23(18-9-11-27-12-10-18)29-22-8-3-2-7-20(21)22/h2-14,16H,1H3,(H,28,30). The summed E-state index contributed by atoms with van der Waals surface area (Å²) in [5.74, 6) is -1.13. The highest BCUT2D eigenvalue weighted by Crippen LogP contribution is 2.25. The van der Waals surface area contributed by atoms with Gasteiger partial charge < -0.3 is 10.1 Å². The van der Waals surface area contributed by atoms with E-state index in [0.717, 1.165) is 5.56 Å². The number of nitriles is 1. The van der Waals surface area contributed by atoms with Crippen LogP contribution in [0.2, 0.25) is 0 Å². The van der Waals surface area contributed by atoms with Gasteiger partial charge in [0, 0.05) is 29.0 Å². The normalized spacial score (nSPS) is 11.4. The van der Waals surface area contributed by atoms with Crippen LogP contribution in [0.4, 0.5) is 5.69 Å². The topological polar surface area (TPSA) is 105 Å². The number of para-hydroxylation sites is 1. The van der Waals surface area contributed by atoms with Crippen LogP contribution in [0.5, 0.6) is 0 Å². The van der Waals surface area contributed by atoms with Crippen LogP contribution in [0.15, 0.2) is 79.1 Å². The van der Waals surface area contributed by atoms with Gasteiger partial charge in [-0.15, -0.1) is 0 Å². The first-order valence-electron chi connectivity index (χ1n) is 9.87. The van der Waals surface area contributed by atoms with E-state index >= 15 is 0 Å². The van der Waals surface area contributed by atoms with Gasteiger partial charge >= 0.3 is 5.97 Å². The summed E-state index contributed by atoms with van der Waals surface area (Å²) in [7, 11) is 0. The number of anilines is 1. The van der Waals surface area contributed by atoms with Crippen LogP contribution in [0.25, 0.3) is 22.2 Å². The van der Waals surface area contributed by atoms with Crippen LogP contribution >= 0.6 is 0 Å². The van der Waals surface area contributed by atoms with Gasteiger partial charge in [0.15, 0.2) is 6.10 Å². The third kappa shape index (κ3) is 4.45. The Morgan fingerprint density at radius 2 is 1.81 bits per heavy atom. The summed E-state index contributed by atoms with van der Waals surface area (Å²) in [6, 6.07) is 21.0. The smallest absolute Gasteiger partial charge is 0.339 e. The molecule has 2 aromatic carbocycles. The van der Waals surface area contributed by atoms with Crippen LogP contribution < -0.4 is 5.32 Å². The Labute approximate surface area is 184 Å². The lowest BCUT2D eigenvalue weighted by Gasteiger charge is -2.15. The van der Waals surface area contributed by atoms with Crippen molar-refractivity contribution >= 4 is 28.5 Å². The number of pyridine rings is 2. The summed E-state index contributed by atoms with van der Waals surface area (Å²) in [6.45, 7) is 1.49. The Bertz CT molecular complexity index is 1350. The SMILES string of the molecule is CC(OC(=O)c1cc(-c2ccncc2)nc2ccccc12)C(=O)Nc1cccc(C#N)c1. The van der Waals surface area contributed by atoms with Gasteiger partial charge in [-0.3, -0.25) is 9.78 Å². The van der Waals surface area contributed by atoms with Crippen molar-refractivity contribution in [1.29, 1.82) is 5.26 Å². The van der Waals surface area contributed by atoms with Crippen LogP contribution in [-0.2, 0) is 9.53 Å². The highest BCUT2D eigenvalue weighted by Gasteiger charge is 2.22. The number of benzene rings is 2. The number of carbonyl (C=O) groups is 2. The van der Waals surface area contributed by atoms with Crippen LogP contribution in [0.1, 0.15) is 22.8 Å². The van der Waals surface area contributed by atoms with Crippen LogP contribution in [0.3, 0.4) is 0 Å². The predicted octanol–water partition coefficient (Wildman–Crippen LogP) is 4.35. The first kappa shape index (κ1) is 20.7. The summed E-state index contributed by atoms with van der Waals surface area (Å²) in [5, 5.41) is 12.3. The molecule has 32 heavy (non-hydrogen) atoms. The lowest BCUT2D eigenvalue weighted by Crippen LogP contribution is -2.30. The molecule has 4 rings (SSSR count). The van der Waals surface area contributed by atoms with Crippen molar-refractivity contribution in [2.24, 2.45) is 0 Å². The summed E-state index contributed by atoms with van der Waals surface area (Å²) < 4.78 is 5.47. The summed E-state index contributed by atoms with van der Waals surface area (Å²) >= 11 is 0. The second kappa shape index (κ2) is 9.06. The van der Waals surface area contributed by atoms with Crippen molar-refractivity contribution in [3.63, 3.8) is 0 Å². The zero-order valence-electron chi connectivity index (χ0n) is 17.1. The van der Waals surface area contributed by atoms with Gasteiger partial charge in [-0.2, -0.15) is 5.26 Å². The minimum atomic E-state index is -1.05. The molecular weight excluding hydrogens is 404 g/mol. The summed E-state index contributed by atoms with van der Waals surface area (Å²) in [6.07, 6.45) is 2.25. The number of rotatable bonds is 5. The molecule has 1 N–H and O–H groups in total. The van der Waals surface area contributed by atoms with Crippen molar-refractivity contribution in [3.8, 4) is 17.3 Å². The van der Waals surface area contributed by atoms with Crippen molar-refractivity contribution < 1.29 is 14.3 Å². The maximum atomic E-state index is 13.0. The van der Waals surface area contributed by atoms with Gasteiger partial charge in [0.1, 0.15) is 0 Å². The number of nitrogens with one attached hydrogen (secondary N) is 1. The number of hydrogen-bond donors (Lipinski definition) is 1. The molecule has 0 aliphatic rings. The number of carbonyl (C=O) groups excluding carboxylic acids is 2. The average Bonchev–Trinajstić information content (AvgIpc) is 2.83. The van der Waals surface area contributed by atoms with E-state index in [1.165, 1.54) is 6.92 Å². The third-order valence-electron chi connectivity index (χ3n) is 4.82. The summed E-state index contributed by atoms with van der Waals surface area (Å²) in [5.41, 5.74) is 3.23. The molecule has 2 aromatic heterocycles. The Hall–Kier alpha value is -4.57. The molecule has 2 heterocycles. The van der Waals surface area contributed by atoms with E-state index in [2.05, 4.69) is 15.3 Å². The first-order valence-corrected chi connectivity index (χ1v) is 9.87. The van der Waals surface area contributed by atoms with Crippen molar-refractivity contribution in [2.45, 2.75) is 13.0 Å². The minimum Gasteiger partial charge on any atom is -0.449 e. The molecule has 1 amide bonds. The van der Waals surface area contributed by atoms with Crippen molar-refractivity contribution in [1.82, 2.24) is 9.97 Å². The minimum absolute atomic E-state index is 0.313. The molecule has 0 radical (unpaired) electrons. The predicted molar refractivity (Wildman–Crippen MR) is 120 cm³/mol. The monoisotopic (exact) mass is 422 g/mol. The molecule has 0 fully saturated rings. The van der Waals surface area contributed by atoms with Gasteiger partial charge in [0.05, 0.1) is 28.4 Å². The fourth-order valence-electron chi connectivity index (χ4n) is 3.20. The quantitative estimate of drug-likeness (QED) is 0.479. The zero-order valence-corrected chi connectivity index (χ0v) is 17.1.